The zero-order chi connectivity index (χ0) is 45.5. The zero-order valence-electron chi connectivity index (χ0n) is 36.5. The van der Waals surface area contributed by atoms with E-state index in [1.54, 1.807) is 6.07 Å². The third-order valence-corrected chi connectivity index (χ3v) is 23.1. The molecule has 0 aromatic heterocycles. The third kappa shape index (κ3) is 10.3. The predicted octanol–water partition coefficient (Wildman–Crippen LogP) is 7.31. The lowest BCUT2D eigenvalue weighted by molar-refractivity contribution is -0.193. The topological polar surface area (TPSA) is 63.5 Å². The fourth-order valence-corrected chi connectivity index (χ4v) is 18.9. The molecule has 10 aromatic rings. The molecule has 0 saturated heterocycles. The minimum atomic E-state index is -3.13. The summed E-state index contributed by atoms with van der Waals surface area (Å²) in [6.07, 6.45) is 0. The van der Waals surface area contributed by atoms with E-state index in [0.717, 1.165) is 36.4 Å². The van der Waals surface area contributed by atoms with E-state index >= 15 is 0 Å². The van der Waals surface area contributed by atoms with Gasteiger partial charge in [0.1, 0.15) is 23.2 Å². The third-order valence-electron chi connectivity index (χ3n) is 11.8. The van der Waals surface area contributed by atoms with E-state index in [1.807, 2.05) is 212 Å². The summed E-state index contributed by atoms with van der Waals surface area (Å²) in [6, 6.07) is 98.7. The van der Waals surface area contributed by atoms with Gasteiger partial charge in [0.2, 0.25) is 0 Å². The minimum Gasteiger partial charge on any atom is -0.848 e. The molecule has 0 amide bonds. The van der Waals surface area contributed by atoms with E-state index in [2.05, 4.69) is 78.9 Å². The van der Waals surface area contributed by atoms with Crippen LogP contribution in [-0.2, 0) is 0 Å². The van der Waals surface area contributed by atoms with E-state index in [1.165, 1.54) is 15.9 Å². The maximum absolute atomic E-state index is 13.8. The van der Waals surface area contributed by atoms with Gasteiger partial charge >= 0.3 is 0 Å². The van der Waals surface area contributed by atoms with Gasteiger partial charge < -0.3 is 14.7 Å². The van der Waals surface area contributed by atoms with Crippen LogP contribution in [0.4, 0.5) is 0 Å². The Bertz CT molecular complexity index is 2560. The van der Waals surface area contributed by atoms with Crippen LogP contribution in [-0.4, -0.2) is 26.5 Å². The first-order valence-corrected chi connectivity index (χ1v) is 27.7. The first kappa shape index (κ1) is 47.7. The van der Waals surface area contributed by atoms with Crippen LogP contribution >= 0.6 is 7.26 Å². The van der Waals surface area contributed by atoms with Gasteiger partial charge in [-0.1, -0.05) is 272 Å². The van der Waals surface area contributed by atoms with Crippen LogP contribution in [0.15, 0.2) is 297 Å². The standard InChI is InChI=1S/C24H19OP.C18H16OSi.C18H15OSi.CH4/c25-23-18-10-11-19-24(23)26(20-12-4-1-5-13-20,21-14-6-2-7-15-21)22-16-8-3-9-17-22;2*19-20(16-10-4-1-5-11-16,17-12-6-2-7-13-17)18-14-8-3-9-15-18;/h1-19H;1-15,19H;1-15H;1H4/q;;-1;/p+1. The fourth-order valence-electron chi connectivity index (χ4n) is 8.62. The molecule has 6 heteroatoms. The van der Waals surface area contributed by atoms with Gasteiger partial charge in [0.05, 0.1) is 8.32 Å². The molecule has 0 aliphatic rings. The summed E-state index contributed by atoms with van der Waals surface area (Å²) in [5.74, 6) is 0.345. The highest BCUT2D eigenvalue weighted by molar-refractivity contribution is 8.01. The average Bonchev–Trinajstić information content (AvgIpc) is 3.42. The van der Waals surface area contributed by atoms with Crippen LogP contribution in [0.5, 0.6) is 5.75 Å². The van der Waals surface area contributed by atoms with Crippen LogP contribution in [0, 0.1) is 0 Å². The highest BCUT2D eigenvalue weighted by Crippen LogP contribution is 2.55. The summed E-state index contributed by atoms with van der Waals surface area (Å²) in [5.41, 5.74) is 0. The van der Waals surface area contributed by atoms with E-state index < -0.39 is 23.9 Å². The second kappa shape index (κ2) is 22.8. The fraction of sp³-hybridized carbons (Fsp3) is 0.0164. The number of benzene rings is 10. The van der Waals surface area contributed by atoms with E-state index in [9.17, 15) is 14.7 Å². The number of rotatable bonds is 10. The second-order valence-electron chi connectivity index (χ2n) is 15.8. The lowest BCUT2D eigenvalue weighted by Crippen LogP contribution is -2.76. The molecule has 0 saturated carbocycles. The molecule has 0 unspecified atom stereocenters. The number of phenolic OH excluding ortho intramolecular Hbond substituents is 1. The van der Waals surface area contributed by atoms with Crippen molar-refractivity contribution in [1.29, 1.82) is 0 Å². The Morgan fingerprint density at radius 1 is 0.284 bits per heavy atom. The molecule has 0 radical (unpaired) electrons. The molecule has 0 aliphatic carbocycles. The molecule has 2 N–H and O–H groups in total. The number of para-hydroxylation sites is 1. The second-order valence-corrected chi connectivity index (χ2v) is 25.4. The lowest BCUT2D eigenvalue weighted by Gasteiger charge is -2.40. The van der Waals surface area contributed by atoms with E-state index in [0.29, 0.717) is 5.75 Å². The van der Waals surface area contributed by atoms with Crippen LogP contribution in [0.2, 0.25) is 0 Å². The summed E-state index contributed by atoms with van der Waals surface area (Å²) in [7, 11) is -8.20. The van der Waals surface area contributed by atoms with Crippen molar-refractivity contribution in [1.82, 2.24) is 0 Å². The van der Waals surface area contributed by atoms with Crippen molar-refractivity contribution in [2.45, 2.75) is 7.43 Å². The van der Waals surface area contributed by atoms with E-state index in [-0.39, 0.29) is 7.43 Å². The first-order chi connectivity index (χ1) is 32.5. The number of hydrogen-bond donors (Lipinski definition) is 2. The van der Waals surface area contributed by atoms with Gasteiger partial charge in [-0.3, -0.25) is 0 Å². The monoisotopic (exact) mass is 922 g/mol. The van der Waals surface area contributed by atoms with E-state index in [4.69, 9.17) is 0 Å². The molecule has 67 heavy (non-hydrogen) atoms. The maximum Gasteiger partial charge on any atom is 0.285 e. The van der Waals surface area contributed by atoms with Gasteiger partial charge in [0, 0.05) is 0 Å². The minimum absolute atomic E-state index is 0. The molecule has 3 nitrogen and oxygen atoms in total. The predicted molar refractivity (Wildman–Crippen MR) is 290 cm³/mol. The van der Waals surface area contributed by atoms with Gasteiger partial charge in [-0.05, 0) is 64.1 Å². The molecule has 0 fully saturated rings. The normalized spacial score (nSPS) is 11.1. The van der Waals surface area contributed by atoms with Crippen molar-refractivity contribution in [3.63, 3.8) is 0 Å². The molecular weight excluding hydrogens is 868 g/mol. The molecule has 0 bridgehead atoms. The quantitative estimate of drug-likeness (QED) is 0.0861. The Morgan fingerprint density at radius 2 is 0.493 bits per heavy atom. The molecule has 10 rings (SSSR count). The summed E-state index contributed by atoms with van der Waals surface area (Å²) in [5, 5.41) is 21.3. The zero-order valence-corrected chi connectivity index (χ0v) is 39.4. The number of hydrogen-bond acceptors (Lipinski definition) is 3. The molecule has 0 atom stereocenters. The van der Waals surface area contributed by atoms with Crippen molar-refractivity contribution < 1.29 is 14.7 Å². The Morgan fingerprint density at radius 3 is 0.746 bits per heavy atom. The van der Waals surface area contributed by atoms with Crippen molar-refractivity contribution in [2.24, 2.45) is 0 Å². The summed E-state index contributed by atoms with van der Waals surface area (Å²) in [4.78, 5) is 25.4. The first-order valence-electron chi connectivity index (χ1n) is 22.1. The summed E-state index contributed by atoms with van der Waals surface area (Å²) >= 11 is 0. The van der Waals surface area contributed by atoms with Gasteiger partial charge in [0.15, 0.2) is 11.1 Å². The van der Waals surface area contributed by atoms with Crippen LogP contribution < -0.4 is 57.1 Å². The molecule has 10 aromatic carbocycles. The summed E-state index contributed by atoms with van der Waals surface area (Å²) in [6.45, 7) is 0. The molecule has 0 aliphatic heterocycles. The molecular formula is C61H55O3PSi2. The Kier molecular flexibility index (Phi) is 16.2. The van der Waals surface area contributed by atoms with Gasteiger partial charge in [0.25, 0.3) is 8.32 Å². The highest BCUT2D eigenvalue weighted by Gasteiger charge is 2.49. The van der Waals surface area contributed by atoms with Crippen molar-refractivity contribution >= 4 is 76.2 Å². The van der Waals surface area contributed by atoms with Gasteiger partial charge in [-0.25, -0.2) is 0 Å². The maximum atomic E-state index is 13.8. The molecule has 330 valence electrons. The SMILES string of the molecule is C.O[Si](c1ccccc1)(c1ccccc1)c1ccccc1.Oc1ccccc1[P+](c1ccccc1)(c1ccccc1)c1ccccc1.[O-][Si](c1ccccc1)(c1ccccc1)c1ccccc1. The number of aromatic hydroxyl groups is 1. The molecule has 0 spiro atoms. The summed E-state index contributed by atoms with van der Waals surface area (Å²) < 4.78 is 0. The van der Waals surface area contributed by atoms with Gasteiger partial charge in [-0.15, -0.1) is 0 Å². The van der Waals surface area contributed by atoms with Crippen molar-refractivity contribution in [3.05, 3.63) is 297 Å². The van der Waals surface area contributed by atoms with Crippen molar-refractivity contribution in [2.75, 3.05) is 0 Å². The Labute approximate surface area is 399 Å². The number of phenols is 1. The van der Waals surface area contributed by atoms with Crippen LogP contribution in [0.1, 0.15) is 7.43 Å². The smallest absolute Gasteiger partial charge is 0.285 e. The largest absolute Gasteiger partial charge is 0.848 e. The highest BCUT2D eigenvalue weighted by atomic mass is 31.2. The van der Waals surface area contributed by atoms with Gasteiger partial charge in [-0.2, -0.15) is 0 Å². The average molecular weight is 923 g/mol. The van der Waals surface area contributed by atoms with Crippen molar-refractivity contribution in [3.8, 4) is 5.75 Å². The Balaban J connectivity index is 0.000000150. The lowest BCUT2D eigenvalue weighted by atomic mass is 10.3. The van der Waals surface area contributed by atoms with Crippen LogP contribution in [0.25, 0.3) is 0 Å². The molecule has 0 heterocycles. The Hall–Kier alpha value is -7.22. The van der Waals surface area contributed by atoms with Crippen LogP contribution in [0.3, 0.4) is 0 Å².